The third kappa shape index (κ3) is 3.12. The Morgan fingerprint density at radius 3 is 3.04 bits per heavy atom. The van der Waals surface area contributed by atoms with E-state index in [9.17, 15) is 9.59 Å². The Hall–Kier alpha value is -2.21. The van der Waals surface area contributed by atoms with Crippen LogP contribution in [0, 0.1) is 6.92 Å². The Bertz CT molecular complexity index is 784. The van der Waals surface area contributed by atoms with Crippen molar-refractivity contribution in [3.05, 3.63) is 40.4 Å². The summed E-state index contributed by atoms with van der Waals surface area (Å²) in [5.74, 6) is -0.0670. The van der Waals surface area contributed by atoms with E-state index < -0.39 is 0 Å². The van der Waals surface area contributed by atoms with E-state index in [1.54, 1.807) is 11.0 Å². The van der Waals surface area contributed by atoms with E-state index in [4.69, 9.17) is 4.74 Å². The van der Waals surface area contributed by atoms with Crippen molar-refractivity contribution in [1.82, 2.24) is 14.5 Å². The number of ether oxygens (including phenoxy) is 1. The lowest BCUT2D eigenvalue weighted by Crippen LogP contribution is -2.47. The summed E-state index contributed by atoms with van der Waals surface area (Å²) in [6, 6.07) is 5.50. The molecule has 1 fully saturated rings. The van der Waals surface area contributed by atoms with E-state index in [1.165, 1.54) is 10.9 Å². The number of carbonyl (C=O) groups is 1. The van der Waals surface area contributed by atoms with Crippen molar-refractivity contribution in [2.24, 2.45) is 0 Å². The van der Waals surface area contributed by atoms with Gasteiger partial charge in [-0.2, -0.15) is 0 Å². The quantitative estimate of drug-likeness (QED) is 0.857. The molecule has 0 radical (unpaired) electrons. The first-order valence-electron chi connectivity index (χ1n) is 7.94. The molecule has 0 spiro atoms. The van der Waals surface area contributed by atoms with Crippen LogP contribution < -0.4 is 5.56 Å². The molecule has 1 aliphatic rings. The minimum Gasteiger partial charge on any atom is -0.375 e. The van der Waals surface area contributed by atoms with Crippen LogP contribution in [0.4, 0.5) is 0 Å². The van der Waals surface area contributed by atoms with E-state index in [1.807, 2.05) is 26.0 Å². The van der Waals surface area contributed by atoms with E-state index in [2.05, 4.69) is 4.98 Å². The second-order valence-electron chi connectivity index (χ2n) is 5.89. The molecule has 1 atom stereocenters. The number of amides is 1. The average Bonchev–Trinajstić information content (AvgIpc) is 2.58. The molecule has 2 aromatic rings. The number of hydrogen-bond donors (Lipinski definition) is 0. The summed E-state index contributed by atoms with van der Waals surface area (Å²) in [4.78, 5) is 31.1. The average molecular weight is 315 g/mol. The molecule has 0 N–H and O–H groups in total. The summed E-state index contributed by atoms with van der Waals surface area (Å²) >= 11 is 0. The fraction of sp³-hybridized carbons (Fsp3) is 0.471. The fourth-order valence-electron chi connectivity index (χ4n) is 2.89. The number of aromatic nitrogens is 2. The van der Waals surface area contributed by atoms with Gasteiger partial charge in [-0.3, -0.25) is 14.2 Å². The van der Waals surface area contributed by atoms with Crippen molar-refractivity contribution >= 4 is 16.8 Å². The molecular formula is C17H21N3O3. The predicted molar refractivity (Wildman–Crippen MR) is 87.4 cm³/mol. The Labute approximate surface area is 134 Å². The van der Waals surface area contributed by atoms with E-state index in [0.29, 0.717) is 30.6 Å². The molecule has 6 heteroatoms. The van der Waals surface area contributed by atoms with Crippen LogP contribution in [0.1, 0.15) is 18.9 Å². The van der Waals surface area contributed by atoms with Crippen molar-refractivity contribution in [1.29, 1.82) is 0 Å². The maximum Gasteiger partial charge on any atom is 0.261 e. The van der Waals surface area contributed by atoms with Gasteiger partial charge in [-0.1, -0.05) is 19.1 Å². The van der Waals surface area contributed by atoms with Gasteiger partial charge >= 0.3 is 0 Å². The largest absolute Gasteiger partial charge is 0.375 e. The van der Waals surface area contributed by atoms with Crippen molar-refractivity contribution in [3.8, 4) is 0 Å². The van der Waals surface area contributed by atoms with Gasteiger partial charge in [-0.25, -0.2) is 4.98 Å². The summed E-state index contributed by atoms with van der Waals surface area (Å²) in [7, 11) is 0. The molecule has 23 heavy (non-hydrogen) atoms. The molecule has 1 aromatic carbocycles. The van der Waals surface area contributed by atoms with Gasteiger partial charge in [0.05, 0.1) is 29.9 Å². The number of benzene rings is 1. The van der Waals surface area contributed by atoms with Gasteiger partial charge in [0, 0.05) is 13.1 Å². The van der Waals surface area contributed by atoms with E-state index in [0.717, 1.165) is 12.0 Å². The minimum atomic E-state index is -0.174. The third-order valence-corrected chi connectivity index (χ3v) is 4.31. The molecule has 1 saturated heterocycles. The standard InChI is InChI=1S/C17H21N3O3/c1-3-13-9-19(7-8-23-13)15(21)10-20-11-18-16-12(2)5-4-6-14(16)17(20)22/h4-6,11,13H,3,7-10H2,1-2H3. The second kappa shape index (κ2) is 6.50. The number of hydrogen-bond acceptors (Lipinski definition) is 4. The van der Waals surface area contributed by atoms with E-state index in [-0.39, 0.29) is 24.1 Å². The molecular weight excluding hydrogens is 294 g/mol. The number of fused-ring (bicyclic) bond motifs is 1. The summed E-state index contributed by atoms with van der Waals surface area (Å²) in [6.07, 6.45) is 2.43. The Morgan fingerprint density at radius 1 is 1.43 bits per heavy atom. The first-order valence-corrected chi connectivity index (χ1v) is 7.94. The van der Waals surface area contributed by atoms with Gasteiger partial charge in [0.25, 0.3) is 5.56 Å². The lowest BCUT2D eigenvalue weighted by atomic mass is 10.1. The van der Waals surface area contributed by atoms with Crippen LogP contribution in [0.25, 0.3) is 10.9 Å². The van der Waals surface area contributed by atoms with Crippen LogP contribution in [0.2, 0.25) is 0 Å². The first kappa shape index (κ1) is 15.7. The van der Waals surface area contributed by atoms with Gasteiger partial charge in [0.15, 0.2) is 0 Å². The molecule has 3 rings (SSSR count). The highest BCUT2D eigenvalue weighted by atomic mass is 16.5. The Kier molecular flexibility index (Phi) is 4.43. The van der Waals surface area contributed by atoms with Gasteiger partial charge in [-0.15, -0.1) is 0 Å². The fourth-order valence-corrected chi connectivity index (χ4v) is 2.89. The number of para-hydroxylation sites is 1. The lowest BCUT2D eigenvalue weighted by Gasteiger charge is -2.32. The zero-order chi connectivity index (χ0) is 16.4. The third-order valence-electron chi connectivity index (χ3n) is 4.31. The monoisotopic (exact) mass is 315 g/mol. The Morgan fingerprint density at radius 2 is 2.26 bits per heavy atom. The molecule has 1 unspecified atom stereocenters. The Balaban J connectivity index is 1.83. The molecule has 1 amide bonds. The molecule has 1 aromatic heterocycles. The smallest absolute Gasteiger partial charge is 0.261 e. The van der Waals surface area contributed by atoms with E-state index >= 15 is 0 Å². The summed E-state index contributed by atoms with van der Waals surface area (Å²) in [6.45, 7) is 5.69. The maximum atomic E-state index is 12.5. The number of nitrogens with zero attached hydrogens (tertiary/aromatic N) is 3. The van der Waals surface area contributed by atoms with Crippen molar-refractivity contribution in [3.63, 3.8) is 0 Å². The van der Waals surface area contributed by atoms with Crippen LogP contribution >= 0.6 is 0 Å². The highest BCUT2D eigenvalue weighted by Gasteiger charge is 2.23. The molecule has 122 valence electrons. The van der Waals surface area contributed by atoms with Gasteiger partial charge in [-0.05, 0) is 25.0 Å². The maximum absolute atomic E-state index is 12.5. The van der Waals surface area contributed by atoms with Crippen molar-refractivity contribution in [2.45, 2.75) is 32.9 Å². The normalized spacial score (nSPS) is 18.3. The summed E-state index contributed by atoms with van der Waals surface area (Å²) in [5.41, 5.74) is 1.48. The molecule has 2 heterocycles. The van der Waals surface area contributed by atoms with Crippen LogP contribution in [0.3, 0.4) is 0 Å². The van der Waals surface area contributed by atoms with Gasteiger partial charge in [0.1, 0.15) is 6.54 Å². The van der Waals surface area contributed by atoms with Crippen LogP contribution in [-0.4, -0.2) is 46.2 Å². The molecule has 0 aliphatic carbocycles. The topological polar surface area (TPSA) is 64.4 Å². The van der Waals surface area contributed by atoms with Gasteiger partial charge in [0.2, 0.25) is 5.91 Å². The van der Waals surface area contributed by atoms with Crippen molar-refractivity contribution < 1.29 is 9.53 Å². The molecule has 1 aliphatic heterocycles. The minimum absolute atomic E-state index is 0.0200. The number of morpholine rings is 1. The highest BCUT2D eigenvalue weighted by Crippen LogP contribution is 2.12. The van der Waals surface area contributed by atoms with Crippen LogP contribution in [0.5, 0.6) is 0 Å². The first-order chi connectivity index (χ1) is 11.1. The SMILES string of the molecule is CCC1CN(C(=O)Cn2cnc3c(C)cccc3c2=O)CCO1. The molecule has 6 nitrogen and oxygen atoms in total. The zero-order valence-electron chi connectivity index (χ0n) is 13.5. The lowest BCUT2D eigenvalue weighted by molar-refractivity contribution is -0.139. The summed E-state index contributed by atoms with van der Waals surface area (Å²) < 4.78 is 6.97. The predicted octanol–water partition coefficient (Wildman–Crippen LogP) is 1.34. The number of aryl methyl sites for hydroxylation is 1. The molecule has 0 bridgehead atoms. The van der Waals surface area contributed by atoms with Crippen LogP contribution in [0.15, 0.2) is 29.3 Å². The van der Waals surface area contributed by atoms with Gasteiger partial charge < -0.3 is 9.64 Å². The second-order valence-corrected chi connectivity index (χ2v) is 5.89. The highest BCUT2D eigenvalue weighted by molar-refractivity contribution is 5.81. The number of carbonyl (C=O) groups excluding carboxylic acids is 1. The van der Waals surface area contributed by atoms with Crippen molar-refractivity contribution in [2.75, 3.05) is 19.7 Å². The van der Waals surface area contributed by atoms with Crippen LogP contribution in [-0.2, 0) is 16.1 Å². The number of rotatable bonds is 3. The molecule has 0 saturated carbocycles. The zero-order valence-corrected chi connectivity index (χ0v) is 13.5. The summed E-state index contributed by atoms with van der Waals surface area (Å²) in [5, 5.41) is 0.550.